The van der Waals surface area contributed by atoms with E-state index in [0.29, 0.717) is 0 Å². The molecule has 0 saturated heterocycles. The van der Waals surface area contributed by atoms with Gasteiger partial charge >= 0.3 is 0 Å². The average molecular weight is 221 g/mol. The van der Waals surface area contributed by atoms with Crippen molar-refractivity contribution in [3.8, 4) is 10.6 Å². The van der Waals surface area contributed by atoms with Crippen LogP contribution in [0.1, 0.15) is 11.7 Å². The van der Waals surface area contributed by atoms with Gasteiger partial charge in [-0.05, 0) is 12.1 Å². The van der Waals surface area contributed by atoms with Crippen molar-refractivity contribution in [1.29, 1.82) is 0 Å². The Bertz CT molecular complexity index is 429. The molecule has 0 aliphatic carbocycles. The third-order valence-corrected chi connectivity index (χ3v) is 2.94. The Morgan fingerprint density at radius 1 is 1.40 bits per heavy atom. The van der Waals surface area contributed by atoms with Gasteiger partial charge in [0.1, 0.15) is 5.01 Å². The predicted octanol–water partition coefficient (Wildman–Crippen LogP) is 1.20. The van der Waals surface area contributed by atoms with Gasteiger partial charge in [0.2, 0.25) is 0 Å². The Kier molecular flexibility index (Phi) is 3.05. The number of aromatic nitrogens is 2. The quantitative estimate of drug-likeness (QED) is 0.816. The van der Waals surface area contributed by atoms with E-state index in [1.165, 1.54) is 11.3 Å². The van der Waals surface area contributed by atoms with Crippen LogP contribution < -0.4 is 5.73 Å². The highest BCUT2D eigenvalue weighted by Gasteiger charge is 2.10. The standard InChI is InChI=1S/C10H11N3OS/c11-8(5-14)9-6-15-10(13-9)7-1-3-12-4-2-7/h1-4,6,8,14H,5,11H2. The highest BCUT2D eigenvalue weighted by molar-refractivity contribution is 7.13. The fourth-order valence-corrected chi connectivity index (χ4v) is 2.07. The van der Waals surface area contributed by atoms with Gasteiger partial charge in [0, 0.05) is 23.3 Å². The second kappa shape index (κ2) is 4.48. The highest BCUT2D eigenvalue weighted by atomic mass is 32.1. The number of hydrogen-bond acceptors (Lipinski definition) is 5. The molecule has 1 unspecified atom stereocenters. The van der Waals surface area contributed by atoms with Crippen molar-refractivity contribution in [3.63, 3.8) is 0 Å². The van der Waals surface area contributed by atoms with Gasteiger partial charge in [-0.2, -0.15) is 0 Å². The number of hydrogen-bond donors (Lipinski definition) is 2. The van der Waals surface area contributed by atoms with E-state index in [1.54, 1.807) is 12.4 Å². The number of rotatable bonds is 3. The van der Waals surface area contributed by atoms with Crippen molar-refractivity contribution in [3.05, 3.63) is 35.6 Å². The normalized spacial score (nSPS) is 12.7. The first-order chi connectivity index (χ1) is 7.31. The lowest BCUT2D eigenvalue weighted by atomic mass is 10.2. The number of aliphatic hydroxyl groups excluding tert-OH is 1. The van der Waals surface area contributed by atoms with E-state index in [0.717, 1.165) is 16.3 Å². The molecule has 0 aliphatic rings. The van der Waals surface area contributed by atoms with Crippen molar-refractivity contribution >= 4 is 11.3 Å². The second-order valence-corrected chi connectivity index (χ2v) is 3.96. The molecule has 0 aromatic carbocycles. The molecule has 0 spiro atoms. The first-order valence-electron chi connectivity index (χ1n) is 4.53. The van der Waals surface area contributed by atoms with E-state index in [2.05, 4.69) is 9.97 Å². The van der Waals surface area contributed by atoms with Crippen LogP contribution in [0.4, 0.5) is 0 Å². The molecule has 3 N–H and O–H groups in total. The predicted molar refractivity (Wildman–Crippen MR) is 59.4 cm³/mol. The summed E-state index contributed by atoms with van der Waals surface area (Å²) in [6.07, 6.45) is 3.45. The number of nitrogens with zero attached hydrogens (tertiary/aromatic N) is 2. The number of pyridine rings is 1. The van der Waals surface area contributed by atoms with Gasteiger partial charge in [-0.1, -0.05) is 0 Å². The minimum absolute atomic E-state index is 0.0838. The summed E-state index contributed by atoms with van der Waals surface area (Å²) in [6, 6.07) is 3.40. The summed E-state index contributed by atoms with van der Waals surface area (Å²) in [5.74, 6) is 0. The zero-order valence-corrected chi connectivity index (χ0v) is 8.81. The Hall–Kier alpha value is -1.30. The maximum absolute atomic E-state index is 8.90. The molecule has 2 heterocycles. The van der Waals surface area contributed by atoms with E-state index in [-0.39, 0.29) is 6.61 Å². The summed E-state index contributed by atoms with van der Waals surface area (Å²) < 4.78 is 0. The van der Waals surface area contributed by atoms with Crippen LogP contribution in [-0.2, 0) is 0 Å². The summed E-state index contributed by atoms with van der Waals surface area (Å²) in [5.41, 5.74) is 7.42. The van der Waals surface area contributed by atoms with Crippen LogP contribution in [0.5, 0.6) is 0 Å². The minimum Gasteiger partial charge on any atom is -0.394 e. The van der Waals surface area contributed by atoms with E-state index in [4.69, 9.17) is 10.8 Å². The van der Waals surface area contributed by atoms with Gasteiger partial charge in [-0.3, -0.25) is 4.98 Å². The Morgan fingerprint density at radius 2 is 2.13 bits per heavy atom. The van der Waals surface area contributed by atoms with Crippen molar-refractivity contribution < 1.29 is 5.11 Å². The fraction of sp³-hybridized carbons (Fsp3) is 0.200. The summed E-state index contributed by atoms with van der Waals surface area (Å²) in [6.45, 7) is -0.0838. The molecule has 0 bridgehead atoms. The Morgan fingerprint density at radius 3 is 2.80 bits per heavy atom. The van der Waals surface area contributed by atoms with Gasteiger partial charge in [0.05, 0.1) is 18.3 Å². The molecule has 78 valence electrons. The molecule has 0 fully saturated rings. The van der Waals surface area contributed by atoms with Gasteiger partial charge < -0.3 is 10.8 Å². The van der Waals surface area contributed by atoms with Crippen LogP contribution in [0.3, 0.4) is 0 Å². The van der Waals surface area contributed by atoms with Gasteiger partial charge in [0.25, 0.3) is 0 Å². The SMILES string of the molecule is NC(CO)c1csc(-c2ccncc2)n1. The van der Waals surface area contributed by atoms with E-state index in [9.17, 15) is 0 Å². The lowest BCUT2D eigenvalue weighted by Gasteiger charge is -2.02. The van der Waals surface area contributed by atoms with Crippen molar-refractivity contribution in [1.82, 2.24) is 9.97 Å². The van der Waals surface area contributed by atoms with Crippen LogP contribution in [0.25, 0.3) is 10.6 Å². The summed E-state index contributed by atoms with van der Waals surface area (Å²) in [4.78, 5) is 8.30. The van der Waals surface area contributed by atoms with Gasteiger partial charge in [-0.25, -0.2) is 4.98 Å². The smallest absolute Gasteiger partial charge is 0.123 e. The minimum atomic E-state index is -0.392. The van der Waals surface area contributed by atoms with E-state index in [1.807, 2.05) is 17.5 Å². The third kappa shape index (κ3) is 2.20. The third-order valence-electron chi connectivity index (χ3n) is 2.03. The van der Waals surface area contributed by atoms with E-state index < -0.39 is 6.04 Å². The molecule has 0 amide bonds. The van der Waals surface area contributed by atoms with Crippen LogP contribution in [0.2, 0.25) is 0 Å². The number of thiazole rings is 1. The molecule has 5 heteroatoms. The summed E-state index contributed by atoms with van der Waals surface area (Å²) in [7, 11) is 0. The molecule has 2 rings (SSSR count). The van der Waals surface area contributed by atoms with Crippen LogP contribution in [0.15, 0.2) is 29.9 Å². The summed E-state index contributed by atoms with van der Waals surface area (Å²) >= 11 is 1.52. The summed E-state index contributed by atoms with van der Waals surface area (Å²) in [5, 5.41) is 11.7. The molecule has 15 heavy (non-hydrogen) atoms. The molecule has 4 nitrogen and oxygen atoms in total. The topological polar surface area (TPSA) is 72.0 Å². The van der Waals surface area contributed by atoms with Gasteiger partial charge in [-0.15, -0.1) is 11.3 Å². The maximum atomic E-state index is 8.90. The molecular formula is C10H11N3OS. The zero-order valence-electron chi connectivity index (χ0n) is 8.00. The first-order valence-corrected chi connectivity index (χ1v) is 5.41. The molecule has 0 aliphatic heterocycles. The molecule has 2 aromatic rings. The lowest BCUT2D eigenvalue weighted by molar-refractivity contribution is 0.266. The molecule has 0 saturated carbocycles. The van der Waals surface area contributed by atoms with Crippen LogP contribution in [-0.4, -0.2) is 21.7 Å². The monoisotopic (exact) mass is 221 g/mol. The number of nitrogens with two attached hydrogens (primary N) is 1. The highest BCUT2D eigenvalue weighted by Crippen LogP contribution is 2.24. The lowest BCUT2D eigenvalue weighted by Crippen LogP contribution is -2.14. The van der Waals surface area contributed by atoms with Crippen molar-refractivity contribution in [2.75, 3.05) is 6.61 Å². The Balaban J connectivity index is 2.28. The van der Waals surface area contributed by atoms with Crippen LogP contribution in [0, 0.1) is 0 Å². The molecule has 1 atom stereocenters. The molecule has 2 aromatic heterocycles. The first kappa shape index (κ1) is 10.2. The second-order valence-electron chi connectivity index (χ2n) is 3.10. The zero-order chi connectivity index (χ0) is 10.7. The molecule has 0 radical (unpaired) electrons. The molecular weight excluding hydrogens is 210 g/mol. The Labute approximate surface area is 91.4 Å². The van der Waals surface area contributed by atoms with Crippen molar-refractivity contribution in [2.24, 2.45) is 5.73 Å². The van der Waals surface area contributed by atoms with Crippen molar-refractivity contribution in [2.45, 2.75) is 6.04 Å². The van der Waals surface area contributed by atoms with Crippen LogP contribution >= 0.6 is 11.3 Å². The van der Waals surface area contributed by atoms with Gasteiger partial charge in [0.15, 0.2) is 0 Å². The average Bonchev–Trinajstić information content (AvgIpc) is 2.78. The maximum Gasteiger partial charge on any atom is 0.123 e. The fourth-order valence-electron chi connectivity index (χ4n) is 1.18. The largest absolute Gasteiger partial charge is 0.394 e. The number of aliphatic hydroxyl groups is 1. The van der Waals surface area contributed by atoms with E-state index >= 15 is 0 Å².